The molecule has 0 N–H and O–H groups in total. The molecular formula is C11H17ClN2O4S. The first-order valence-corrected chi connectivity index (χ1v) is 7.84. The van der Waals surface area contributed by atoms with Crippen LogP contribution in [0.15, 0.2) is 0 Å². The Balaban J connectivity index is 2.89. The first-order valence-electron chi connectivity index (χ1n) is 5.64. The summed E-state index contributed by atoms with van der Waals surface area (Å²) in [7, 11) is -0.588. The second-order valence-electron chi connectivity index (χ2n) is 4.46. The fraction of sp³-hybridized carbons (Fsp3) is 0.636. The molecule has 0 aliphatic heterocycles. The van der Waals surface area contributed by atoms with E-state index in [4.69, 9.17) is 11.6 Å². The second kappa shape index (κ2) is 5.92. The van der Waals surface area contributed by atoms with Crippen LogP contribution in [0.3, 0.4) is 0 Å². The third kappa shape index (κ3) is 3.94. The molecule has 0 aliphatic carbocycles. The van der Waals surface area contributed by atoms with Gasteiger partial charge >= 0.3 is 5.97 Å². The minimum atomic E-state index is -3.46. The van der Waals surface area contributed by atoms with E-state index in [-0.39, 0.29) is 11.5 Å². The largest absolute Gasteiger partial charge is 0.469 e. The number of methoxy groups -OCH3 is 1. The molecule has 6 nitrogen and oxygen atoms in total. The van der Waals surface area contributed by atoms with E-state index in [2.05, 4.69) is 9.84 Å². The molecule has 1 heterocycles. The summed E-state index contributed by atoms with van der Waals surface area (Å²) in [5, 5.41) is 4.35. The molecule has 1 unspecified atom stereocenters. The molecule has 0 saturated heterocycles. The fourth-order valence-electron chi connectivity index (χ4n) is 1.77. The number of carbonyl (C=O) groups is 1. The molecule has 0 saturated carbocycles. The molecule has 0 fully saturated rings. The lowest BCUT2D eigenvalue weighted by Crippen LogP contribution is -2.23. The maximum absolute atomic E-state index is 12.0. The van der Waals surface area contributed by atoms with Gasteiger partial charge in [-0.15, -0.1) is 0 Å². The number of ether oxygens (including phenoxy) is 1. The lowest BCUT2D eigenvalue weighted by Gasteiger charge is -2.09. The molecule has 1 aromatic rings. The van der Waals surface area contributed by atoms with Gasteiger partial charge in [0.05, 0.1) is 30.2 Å². The van der Waals surface area contributed by atoms with Crippen molar-refractivity contribution >= 4 is 27.4 Å². The number of hydrogen-bond donors (Lipinski definition) is 0. The summed E-state index contributed by atoms with van der Waals surface area (Å²) in [6.45, 7) is 3.21. The zero-order valence-electron chi connectivity index (χ0n) is 11.3. The van der Waals surface area contributed by atoms with Crippen LogP contribution in [0.25, 0.3) is 0 Å². The van der Waals surface area contributed by atoms with E-state index in [1.54, 1.807) is 14.0 Å². The summed E-state index contributed by atoms with van der Waals surface area (Å²) >= 11 is 5.99. The normalized spacial score (nSPS) is 13.3. The first-order chi connectivity index (χ1) is 8.68. The van der Waals surface area contributed by atoms with Crippen molar-refractivity contribution in [1.29, 1.82) is 0 Å². The maximum atomic E-state index is 12.0. The van der Waals surface area contributed by atoms with E-state index < -0.39 is 21.7 Å². The van der Waals surface area contributed by atoms with Crippen molar-refractivity contribution in [3.05, 3.63) is 16.4 Å². The molecule has 0 amide bonds. The lowest BCUT2D eigenvalue weighted by molar-refractivity contribution is -0.144. The smallest absolute Gasteiger partial charge is 0.309 e. The van der Waals surface area contributed by atoms with Crippen molar-refractivity contribution in [2.75, 3.05) is 12.9 Å². The lowest BCUT2D eigenvalue weighted by atomic mass is 10.2. The van der Waals surface area contributed by atoms with E-state index >= 15 is 0 Å². The fourth-order valence-corrected chi connectivity index (χ4v) is 3.89. The number of aryl methyl sites for hydroxylation is 2. The van der Waals surface area contributed by atoms with Gasteiger partial charge in [0.2, 0.25) is 0 Å². The van der Waals surface area contributed by atoms with Gasteiger partial charge in [-0.2, -0.15) is 5.10 Å². The van der Waals surface area contributed by atoms with Gasteiger partial charge in [-0.05, 0) is 6.92 Å². The zero-order valence-corrected chi connectivity index (χ0v) is 12.9. The predicted octanol–water partition coefficient (Wildman–Crippen LogP) is 1.11. The standard InChI is InChI=1S/C11H17ClN2O4S/c1-7(11(15)18-4)5-19(16,17)6-9-8(2)13-14(3)10(9)12/h7H,5-6H2,1-4H3. The Hall–Kier alpha value is -1.08. The van der Waals surface area contributed by atoms with E-state index in [1.807, 2.05) is 0 Å². The van der Waals surface area contributed by atoms with Crippen LogP contribution < -0.4 is 0 Å². The third-order valence-electron chi connectivity index (χ3n) is 2.74. The Labute approximate surface area is 117 Å². The Morgan fingerprint density at radius 3 is 2.53 bits per heavy atom. The highest BCUT2D eigenvalue weighted by molar-refractivity contribution is 7.90. The first kappa shape index (κ1) is 16.0. The topological polar surface area (TPSA) is 78.3 Å². The molecule has 8 heteroatoms. The number of carbonyl (C=O) groups excluding carboxylic acids is 1. The van der Waals surface area contributed by atoms with Gasteiger partial charge in [0.15, 0.2) is 9.84 Å². The number of aromatic nitrogens is 2. The number of halogens is 1. The summed E-state index contributed by atoms with van der Waals surface area (Å²) in [6.07, 6.45) is 0. The average Bonchev–Trinajstić information content (AvgIpc) is 2.54. The van der Waals surface area contributed by atoms with Crippen molar-refractivity contribution in [3.63, 3.8) is 0 Å². The van der Waals surface area contributed by atoms with E-state index in [9.17, 15) is 13.2 Å². The monoisotopic (exact) mass is 308 g/mol. The van der Waals surface area contributed by atoms with Crippen molar-refractivity contribution in [2.24, 2.45) is 13.0 Å². The van der Waals surface area contributed by atoms with Gasteiger partial charge in [0.25, 0.3) is 0 Å². The van der Waals surface area contributed by atoms with Crippen LogP contribution in [0.2, 0.25) is 5.15 Å². The van der Waals surface area contributed by atoms with E-state index in [0.717, 1.165) is 0 Å². The van der Waals surface area contributed by atoms with Gasteiger partial charge < -0.3 is 4.74 Å². The van der Waals surface area contributed by atoms with Gasteiger partial charge in [-0.3, -0.25) is 9.48 Å². The molecular weight excluding hydrogens is 292 g/mol. The van der Waals surface area contributed by atoms with E-state index in [0.29, 0.717) is 16.4 Å². The Kier molecular flexibility index (Phi) is 4.98. The molecule has 0 aromatic carbocycles. The van der Waals surface area contributed by atoms with Crippen molar-refractivity contribution in [1.82, 2.24) is 9.78 Å². The maximum Gasteiger partial charge on any atom is 0.309 e. The Morgan fingerprint density at radius 2 is 2.11 bits per heavy atom. The molecule has 1 aromatic heterocycles. The zero-order chi connectivity index (χ0) is 14.8. The Morgan fingerprint density at radius 1 is 1.53 bits per heavy atom. The second-order valence-corrected chi connectivity index (χ2v) is 6.92. The van der Waals surface area contributed by atoms with Crippen molar-refractivity contribution in [2.45, 2.75) is 19.6 Å². The molecule has 0 radical (unpaired) electrons. The molecule has 1 rings (SSSR count). The highest BCUT2D eigenvalue weighted by Gasteiger charge is 2.25. The van der Waals surface area contributed by atoms with Gasteiger partial charge in [0, 0.05) is 12.6 Å². The number of nitrogens with zero attached hydrogens (tertiary/aromatic N) is 2. The van der Waals surface area contributed by atoms with Gasteiger partial charge in [0.1, 0.15) is 5.15 Å². The van der Waals surface area contributed by atoms with Crippen LogP contribution in [-0.2, 0) is 32.2 Å². The highest BCUT2D eigenvalue weighted by atomic mass is 35.5. The number of sulfone groups is 1. The number of hydrogen-bond acceptors (Lipinski definition) is 5. The van der Waals surface area contributed by atoms with Crippen LogP contribution >= 0.6 is 11.6 Å². The van der Waals surface area contributed by atoms with Crippen molar-refractivity contribution in [3.8, 4) is 0 Å². The number of esters is 1. The molecule has 108 valence electrons. The molecule has 0 bridgehead atoms. The van der Waals surface area contributed by atoms with Crippen LogP contribution in [0.5, 0.6) is 0 Å². The summed E-state index contributed by atoms with van der Waals surface area (Å²) < 4.78 is 30.0. The van der Waals surface area contributed by atoms with Gasteiger partial charge in [-0.25, -0.2) is 8.42 Å². The Bertz CT molecular complexity index is 580. The summed E-state index contributed by atoms with van der Waals surface area (Å²) in [6, 6.07) is 0. The SMILES string of the molecule is COC(=O)C(C)CS(=O)(=O)Cc1c(C)nn(C)c1Cl. The van der Waals surface area contributed by atoms with Crippen LogP contribution in [-0.4, -0.2) is 37.0 Å². The van der Waals surface area contributed by atoms with Crippen LogP contribution in [0.1, 0.15) is 18.2 Å². The molecule has 0 spiro atoms. The van der Waals surface area contributed by atoms with Gasteiger partial charge in [-0.1, -0.05) is 18.5 Å². The van der Waals surface area contributed by atoms with Crippen molar-refractivity contribution < 1.29 is 17.9 Å². The molecule has 0 aliphatic rings. The third-order valence-corrected chi connectivity index (χ3v) is 4.95. The molecule has 1 atom stereocenters. The average molecular weight is 309 g/mol. The summed E-state index contributed by atoms with van der Waals surface area (Å²) in [4.78, 5) is 11.3. The van der Waals surface area contributed by atoms with Crippen LogP contribution in [0.4, 0.5) is 0 Å². The summed E-state index contributed by atoms with van der Waals surface area (Å²) in [5.74, 6) is -1.75. The predicted molar refractivity (Wildman–Crippen MR) is 71.6 cm³/mol. The van der Waals surface area contributed by atoms with E-state index in [1.165, 1.54) is 18.7 Å². The number of rotatable bonds is 5. The minimum absolute atomic E-state index is 0.229. The molecule has 19 heavy (non-hydrogen) atoms. The minimum Gasteiger partial charge on any atom is -0.469 e. The summed E-state index contributed by atoms with van der Waals surface area (Å²) in [5.41, 5.74) is 1.04. The quantitative estimate of drug-likeness (QED) is 0.761. The highest BCUT2D eigenvalue weighted by Crippen LogP contribution is 2.22. The van der Waals surface area contributed by atoms with Crippen LogP contribution in [0, 0.1) is 12.8 Å².